The Morgan fingerprint density at radius 3 is 2.84 bits per heavy atom. The standard InChI is InChI=1S/C13H16FN3O2/c1-19-8-7-17(6-2-5-15)13(18)10-3-4-12(16)11(14)9-10/h3-4,9H,2,6-8,16H2,1H3. The summed E-state index contributed by atoms with van der Waals surface area (Å²) in [6.07, 6.45) is 0.215. The molecule has 0 radical (unpaired) electrons. The number of hydrogen-bond donors (Lipinski definition) is 1. The molecular weight excluding hydrogens is 249 g/mol. The Labute approximate surface area is 111 Å². The average molecular weight is 265 g/mol. The number of benzene rings is 1. The Morgan fingerprint density at radius 2 is 2.26 bits per heavy atom. The Kier molecular flexibility index (Phi) is 5.76. The van der Waals surface area contributed by atoms with Crippen molar-refractivity contribution in [2.45, 2.75) is 6.42 Å². The second kappa shape index (κ2) is 7.34. The van der Waals surface area contributed by atoms with Crippen LogP contribution in [0.5, 0.6) is 0 Å². The molecule has 0 fully saturated rings. The van der Waals surface area contributed by atoms with Crippen molar-refractivity contribution in [1.82, 2.24) is 4.90 Å². The highest BCUT2D eigenvalue weighted by atomic mass is 19.1. The van der Waals surface area contributed by atoms with Crippen molar-refractivity contribution in [3.63, 3.8) is 0 Å². The number of rotatable bonds is 6. The lowest BCUT2D eigenvalue weighted by molar-refractivity contribution is 0.0699. The van der Waals surface area contributed by atoms with E-state index in [0.29, 0.717) is 13.2 Å². The van der Waals surface area contributed by atoms with Crippen LogP contribution >= 0.6 is 0 Å². The SMILES string of the molecule is COCCN(CCC#N)C(=O)c1ccc(N)c(F)c1. The van der Waals surface area contributed by atoms with Crippen molar-refractivity contribution in [3.8, 4) is 6.07 Å². The van der Waals surface area contributed by atoms with Gasteiger partial charge in [-0.05, 0) is 18.2 Å². The van der Waals surface area contributed by atoms with E-state index in [2.05, 4.69) is 0 Å². The van der Waals surface area contributed by atoms with E-state index in [1.807, 2.05) is 6.07 Å². The van der Waals surface area contributed by atoms with Crippen molar-refractivity contribution in [1.29, 1.82) is 5.26 Å². The molecule has 1 amide bonds. The number of nitrogens with two attached hydrogens (primary N) is 1. The van der Waals surface area contributed by atoms with E-state index in [9.17, 15) is 9.18 Å². The normalized spacial score (nSPS) is 9.95. The third kappa shape index (κ3) is 4.23. The lowest BCUT2D eigenvalue weighted by Crippen LogP contribution is -2.34. The molecule has 0 aliphatic heterocycles. The monoisotopic (exact) mass is 265 g/mol. The molecule has 0 atom stereocenters. The van der Waals surface area contributed by atoms with Crippen LogP contribution < -0.4 is 5.73 Å². The van der Waals surface area contributed by atoms with Crippen LogP contribution in [-0.2, 0) is 4.74 Å². The van der Waals surface area contributed by atoms with Crippen molar-refractivity contribution < 1.29 is 13.9 Å². The molecule has 0 spiro atoms. The van der Waals surface area contributed by atoms with Gasteiger partial charge in [0.2, 0.25) is 0 Å². The molecule has 0 aromatic heterocycles. The molecule has 1 aromatic rings. The van der Waals surface area contributed by atoms with Gasteiger partial charge in [-0.1, -0.05) is 0 Å². The molecular formula is C13H16FN3O2. The van der Waals surface area contributed by atoms with E-state index in [4.69, 9.17) is 15.7 Å². The number of carbonyl (C=O) groups is 1. The van der Waals surface area contributed by atoms with E-state index >= 15 is 0 Å². The van der Waals surface area contributed by atoms with Gasteiger partial charge < -0.3 is 15.4 Å². The van der Waals surface area contributed by atoms with Crippen LogP contribution in [0.3, 0.4) is 0 Å². The van der Waals surface area contributed by atoms with Crippen LogP contribution in [-0.4, -0.2) is 37.6 Å². The number of amides is 1. The second-order valence-electron chi connectivity index (χ2n) is 3.93. The summed E-state index contributed by atoms with van der Waals surface area (Å²) >= 11 is 0. The van der Waals surface area contributed by atoms with Gasteiger partial charge in [0.25, 0.3) is 5.91 Å². The van der Waals surface area contributed by atoms with Crippen molar-refractivity contribution in [3.05, 3.63) is 29.6 Å². The van der Waals surface area contributed by atoms with E-state index in [0.717, 1.165) is 6.07 Å². The fourth-order valence-corrected chi connectivity index (χ4v) is 1.54. The van der Waals surface area contributed by atoms with Gasteiger partial charge in [-0.2, -0.15) is 5.26 Å². The number of hydrogen-bond acceptors (Lipinski definition) is 4. The van der Waals surface area contributed by atoms with Crippen LogP contribution in [0.1, 0.15) is 16.8 Å². The average Bonchev–Trinajstić information content (AvgIpc) is 2.41. The summed E-state index contributed by atoms with van der Waals surface area (Å²) in [4.78, 5) is 13.6. The van der Waals surface area contributed by atoms with Gasteiger partial charge in [0.1, 0.15) is 5.82 Å². The summed E-state index contributed by atoms with van der Waals surface area (Å²) in [5.41, 5.74) is 5.57. The first-order valence-corrected chi connectivity index (χ1v) is 5.80. The number of nitrogens with zero attached hydrogens (tertiary/aromatic N) is 2. The van der Waals surface area contributed by atoms with Crippen LogP contribution in [0.15, 0.2) is 18.2 Å². The van der Waals surface area contributed by atoms with Crippen molar-refractivity contribution >= 4 is 11.6 Å². The lowest BCUT2D eigenvalue weighted by atomic mass is 10.1. The Bertz CT molecular complexity index is 485. The molecule has 6 heteroatoms. The van der Waals surface area contributed by atoms with Gasteiger partial charge >= 0.3 is 0 Å². The highest BCUT2D eigenvalue weighted by molar-refractivity contribution is 5.94. The van der Waals surface area contributed by atoms with Crippen molar-refractivity contribution in [2.75, 3.05) is 32.5 Å². The molecule has 5 nitrogen and oxygen atoms in total. The minimum Gasteiger partial charge on any atom is -0.396 e. The van der Waals surface area contributed by atoms with Gasteiger partial charge in [0.15, 0.2) is 0 Å². The highest BCUT2D eigenvalue weighted by Gasteiger charge is 2.16. The summed E-state index contributed by atoms with van der Waals surface area (Å²) in [6.45, 7) is 0.988. The molecule has 2 N–H and O–H groups in total. The lowest BCUT2D eigenvalue weighted by Gasteiger charge is -2.21. The second-order valence-corrected chi connectivity index (χ2v) is 3.93. The van der Waals surface area contributed by atoms with Crippen LogP contribution in [0, 0.1) is 17.1 Å². The number of ether oxygens (including phenoxy) is 1. The molecule has 19 heavy (non-hydrogen) atoms. The van der Waals surface area contributed by atoms with Crippen LogP contribution in [0.4, 0.5) is 10.1 Å². The number of nitrogen functional groups attached to an aromatic ring is 1. The molecule has 102 valence electrons. The molecule has 0 saturated heterocycles. The predicted octanol–water partition coefficient (Wildman–Crippen LogP) is 1.41. The number of anilines is 1. The van der Waals surface area contributed by atoms with Crippen LogP contribution in [0.25, 0.3) is 0 Å². The first kappa shape index (κ1) is 14.9. The van der Waals surface area contributed by atoms with E-state index < -0.39 is 5.82 Å². The van der Waals surface area contributed by atoms with Gasteiger partial charge in [0.05, 0.1) is 24.8 Å². The molecule has 0 aliphatic carbocycles. The quantitative estimate of drug-likeness (QED) is 0.789. The Balaban J connectivity index is 2.84. The zero-order valence-corrected chi connectivity index (χ0v) is 10.7. The molecule has 1 aromatic carbocycles. The smallest absolute Gasteiger partial charge is 0.254 e. The maximum absolute atomic E-state index is 13.3. The van der Waals surface area contributed by atoms with Gasteiger partial charge in [-0.25, -0.2) is 4.39 Å². The topological polar surface area (TPSA) is 79.3 Å². The summed E-state index contributed by atoms with van der Waals surface area (Å²) < 4.78 is 18.2. The fraction of sp³-hybridized carbons (Fsp3) is 0.385. The largest absolute Gasteiger partial charge is 0.396 e. The zero-order chi connectivity index (χ0) is 14.3. The molecule has 0 bridgehead atoms. The molecule has 0 unspecified atom stereocenters. The van der Waals surface area contributed by atoms with Crippen molar-refractivity contribution in [2.24, 2.45) is 0 Å². The summed E-state index contributed by atoms with van der Waals surface area (Å²) in [7, 11) is 1.52. The Morgan fingerprint density at radius 1 is 1.53 bits per heavy atom. The minimum absolute atomic E-state index is 0.00276. The number of methoxy groups -OCH3 is 1. The fourth-order valence-electron chi connectivity index (χ4n) is 1.54. The van der Waals surface area contributed by atoms with E-state index in [1.165, 1.54) is 24.1 Å². The van der Waals surface area contributed by atoms with E-state index in [1.54, 1.807) is 0 Å². The highest BCUT2D eigenvalue weighted by Crippen LogP contribution is 2.14. The maximum Gasteiger partial charge on any atom is 0.254 e. The molecule has 1 rings (SSSR count). The predicted molar refractivity (Wildman–Crippen MR) is 68.8 cm³/mol. The zero-order valence-electron chi connectivity index (χ0n) is 10.7. The number of nitriles is 1. The Hall–Kier alpha value is -2.13. The third-order valence-corrected chi connectivity index (χ3v) is 2.59. The molecule has 0 aliphatic rings. The minimum atomic E-state index is -0.627. The van der Waals surface area contributed by atoms with Gasteiger partial charge in [0, 0.05) is 25.8 Å². The summed E-state index contributed by atoms with van der Waals surface area (Å²) in [5.74, 6) is -0.968. The third-order valence-electron chi connectivity index (χ3n) is 2.59. The van der Waals surface area contributed by atoms with Gasteiger partial charge in [-0.3, -0.25) is 4.79 Å². The first-order chi connectivity index (χ1) is 9.10. The first-order valence-electron chi connectivity index (χ1n) is 5.80. The molecule has 0 saturated carbocycles. The summed E-state index contributed by atoms with van der Waals surface area (Å²) in [6, 6.07) is 5.89. The van der Waals surface area contributed by atoms with Crippen LogP contribution in [0.2, 0.25) is 0 Å². The molecule has 0 heterocycles. The number of carbonyl (C=O) groups excluding carboxylic acids is 1. The summed E-state index contributed by atoms with van der Waals surface area (Å²) in [5, 5.41) is 8.58. The van der Waals surface area contributed by atoms with E-state index in [-0.39, 0.29) is 30.1 Å². The number of halogens is 1. The maximum atomic E-state index is 13.3. The van der Waals surface area contributed by atoms with Gasteiger partial charge in [-0.15, -0.1) is 0 Å².